The molecular formula is C84H64N4S. The van der Waals surface area contributed by atoms with Crippen LogP contribution in [0.15, 0.2) is 352 Å². The van der Waals surface area contributed by atoms with Crippen molar-refractivity contribution < 1.29 is 0 Å². The van der Waals surface area contributed by atoms with Crippen molar-refractivity contribution in [2.24, 2.45) is 0 Å². The molecule has 0 atom stereocenters. The average Bonchev–Trinajstić information content (AvgIpc) is 3.55. The fraction of sp³-hybridized carbons (Fsp3) is 0.0238. The number of benzene rings is 13. The average molecular weight is 1160 g/mol. The topological polar surface area (TPSA) is 13.0 Å². The first kappa shape index (κ1) is 55.6. The van der Waals surface area contributed by atoms with E-state index < -0.39 is 0 Å². The number of nitrogens with zero attached hydrogens (tertiary/aromatic N) is 4. The van der Waals surface area contributed by atoms with Gasteiger partial charge < -0.3 is 19.6 Å². The number of thiophene rings is 1. The summed E-state index contributed by atoms with van der Waals surface area (Å²) in [6.45, 7) is 4.26. The molecule has 0 saturated heterocycles. The van der Waals surface area contributed by atoms with Crippen LogP contribution in [0.25, 0.3) is 54.3 Å². The molecule has 0 N–H and O–H groups in total. The maximum absolute atomic E-state index is 2.36. The van der Waals surface area contributed by atoms with Gasteiger partial charge in [0.05, 0.1) is 0 Å². The maximum Gasteiger partial charge on any atom is 0.0462 e. The Morgan fingerprint density at radius 3 is 0.551 bits per heavy atom. The van der Waals surface area contributed by atoms with Crippen LogP contribution in [0, 0.1) is 13.8 Å². The zero-order valence-electron chi connectivity index (χ0n) is 49.7. The van der Waals surface area contributed by atoms with Crippen LogP contribution < -0.4 is 19.6 Å². The number of hydrogen-bond acceptors (Lipinski definition) is 5. The predicted molar refractivity (Wildman–Crippen MR) is 380 cm³/mol. The molecule has 13 aromatic carbocycles. The quantitative estimate of drug-likeness (QED) is 0.0901. The molecule has 426 valence electrons. The summed E-state index contributed by atoms with van der Waals surface area (Å²) in [5.74, 6) is 0. The van der Waals surface area contributed by atoms with E-state index in [4.69, 9.17) is 0 Å². The summed E-state index contributed by atoms with van der Waals surface area (Å²) in [6.07, 6.45) is 0. The Balaban J connectivity index is 0.755. The Bertz CT molecular complexity index is 4400. The van der Waals surface area contributed by atoms with Crippen molar-refractivity contribution in [1.82, 2.24) is 0 Å². The lowest BCUT2D eigenvalue weighted by atomic mass is 10.0. The molecule has 5 heteroatoms. The third kappa shape index (κ3) is 12.2. The summed E-state index contributed by atoms with van der Waals surface area (Å²) >= 11 is 1.83. The van der Waals surface area contributed by atoms with Crippen molar-refractivity contribution in [2.75, 3.05) is 19.6 Å². The minimum absolute atomic E-state index is 1.06. The molecule has 0 radical (unpaired) electrons. The van der Waals surface area contributed by atoms with Gasteiger partial charge in [-0.15, -0.1) is 11.3 Å². The van der Waals surface area contributed by atoms with Crippen molar-refractivity contribution in [3.63, 3.8) is 0 Å². The van der Waals surface area contributed by atoms with Gasteiger partial charge in [-0.05, 0) is 216 Å². The second-order valence-corrected chi connectivity index (χ2v) is 23.5. The normalized spacial score (nSPS) is 11.0. The van der Waals surface area contributed by atoms with Crippen LogP contribution in [-0.4, -0.2) is 0 Å². The molecule has 0 aliphatic heterocycles. The second-order valence-electron chi connectivity index (χ2n) is 22.4. The number of rotatable bonds is 17. The number of hydrogen-bond donors (Lipinski definition) is 0. The van der Waals surface area contributed by atoms with Crippen LogP contribution in [0.3, 0.4) is 0 Å². The molecular weight excluding hydrogens is 1100 g/mol. The lowest BCUT2D eigenvalue weighted by molar-refractivity contribution is 1.27. The van der Waals surface area contributed by atoms with Crippen molar-refractivity contribution >= 4 is 79.6 Å². The van der Waals surface area contributed by atoms with E-state index in [1.165, 1.54) is 32.0 Å². The highest BCUT2D eigenvalue weighted by atomic mass is 32.1. The Kier molecular flexibility index (Phi) is 15.9. The van der Waals surface area contributed by atoms with Gasteiger partial charge in [0.1, 0.15) is 0 Å². The molecule has 0 amide bonds. The Morgan fingerprint density at radius 2 is 0.326 bits per heavy atom. The molecule has 0 fully saturated rings. The molecule has 1 aromatic heterocycles. The molecule has 0 saturated carbocycles. The Morgan fingerprint density at radius 1 is 0.157 bits per heavy atom. The van der Waals surface area contributed by atoms with Gasteiger partial charge in [0.25, 0.3) is 0 Å². The van der Waals surface area contributed by atoms with E-state index in [0.717, 1.165) is 102 Å². The maximum atomic E-state index is 2.36. The highest BCUT2D eigenvalue weighted by molar-refractivity contribution is 7.18. The molecule has 4 nitrogen and oxygen atoms in total. The Hall–Kier alpha value is -11.2. The van der Waals surface area contributed by atoms with Gasteiger partial charge in [-0.1, -0.05) is 205 Å². The van der Waals surface area contributed by atoms with Crippen LogP contribution in [0.5, 0.6) is 0 Å². The van der Waals surface area contributed by atoms with Crippen LogP contribution in [-0.2, 0) is 0 Å². The highest BCUT2D eigenvalue weighted by Gasteiger charge is 2.19. The lowest BCUT2D eigenvalue weighted by Crippen LogP contribution is -2.10. The summed E-state index contributed by atoms with van der Waals surface area (Å²) in [5.41, 5.74) is 25.0. The van der Waals surface area contributed by atoms with E-state index >= 15 is 0 Å². The van der Waals surface area contributed by atoms with Crippen LogP contribution in [0.1, 0.15) is 11.1 Å². The molecule has 1 heterocycles. The molecule has 14 rings (SSSR count). The van der Waals surface area contributed by atoms with Crippen LogP contribution in [0.4, 0.5) is 68.2 Å². The molecule has 0 unspecified atom stereocenters. The first-order valence-electron chi connectivity index (χ1n) is 30.3. The van der Waals surface area contributed by atoms with Gasteiger partial charge in [0, 0.05) is 78.0 Å². The number of anilines is 12. The van der Waals surface area contributed by atoms with Crippen molar-refractivity contribution in [2.45, 2.75) is 13.8 Å². The molecule has 0 bridgehead atoms. The second kappa shape index (κ2) is 25.4. The third-order valence-electron chi connectivity index (χ3n) is 16.5. The molecule has 14 aromatic rings. The highest BCUT2D eigenvalue weighted by Crippen LogP contribution is 2.43. The summed E-state index contributed by atoms with van der Waals surface area (Å²) in [6, 6.07) is 127. The van der Waals surface area contributed by atoms with Gasteiger partial charge in [0.15, 0.2) is 0 Å². The van der Waals surface area contributed by atoms with Gasteiger partial charge >= 0.3 is 0 Å². The Labute approximate surface area is 527 Å². The fourth-order valence-corrected chi connectivity index (χ4v) is 12.8. The van der Waals surface area contributed by atoms with Crippen molar-refractivity contribution in [3.8, 4) is 54.3 Å². The first-order chi connectivity index (χ1) is 43.9. The molecule has 0 aliphatic carbocycles. The molecule has 0 spiro atoms. The standard InChI is InChI=1S/C84H64N4S/c1-61-23-41-74(42-24-61)85(71-17-9-4-10-18-71)76-45-27-63(28-46-76)66-33-51-79(52-34-66)88(80-53-35-67(36-54-80)64-29-47-77(48-30-64)86(72-19-11-5-12-20-72)75-43-25-62(2)26-44-75)81-55-37-68(38-56-81)65-31-49-78(50-32-65)87(73-21-13-6-14-22-73)82-57-39-70(40-58-82)84-60-59-83(89-84)69-15-7-3-8-16-69/h3-60H,1-2H3. The van der Waals surface area contributed by atoms with Crippen molar-refractivity contribution in [3.05, 3.63) is 363 Å². The zero-order chi connectivity index (χ0) is 59.9. The van der Waals surface area contributed by atoms with E-state index in [1.54, 1.807) is 0 Å². The molecule has 0 aliphatic rings. The van der Waals surface area contributed by atoms with Gasteiger partial charge in [-0.25, -0.2) is 0 Å². The zero-order valence-corrected chi connectivity index (χ0v) is 50.5. The lowest BCUT2D eigenvalue weighted by Gasteiger charge is -2.27. The van der Waals surface area contributed by atoms with Crippen LogP contribution in [0.2, 0.25) is 0 Å². The molecule has 89 heavy (non-hydrogen) atoms. The van der Waals surface area contributed by atoms with E-state index in [-0.39, 0.29) is 0 Å². The fourth-order valence-electron chi connectivity index (χ4n) is 11.8. The summed E-state index contributed by atoms with van der Waals surface area (Å²) in [7, 11) is 0. The van der Waals surface area contributed by atoms with Gasteiger partial charge in [-0.2, -0.15) is 0 Å². The van der Waals surface area contributed by atoms with E-state index in [2.05, 4.69) is 385 Å². The van der Waals surface area contributed by atoms with E-state index in [9.17, 15) is 0 Å². The predicted octanol–water partition coefficient (Wildman–Crippen LogP) is 24.6. The third-order valence-corrected chi connectivity index (χ3v) is 17.6. The minimum atomic E-state index is 1.06. The van der Waals surface area contributed by atoms with Crippen molar-refractivity contribution in [1.29, 1.82) is 0 Å². The first-order valence-corrected chi connectivity index (χ1v) is 31.1. The number of aryl methyl sites for hydroxylation is 2. The SMILES string of the molecule is Cc1ccc(N(c2ccccc2)c2ccc(-c3ccc(N(c4ccc(-c5ccc(N(c6ccccc6)c6ccc(C)cc6)cc5)cc4)c4ccc(-c5ccc(N(c6ccccc6)c6ccc(-c7ccc(-c8ccccc8)s7)cc6)cc5)cc4)cc3)cc2)cc1. The summed E-state index contributed by atoms with van der Waals surface area (Å²) < 4.78 is 0. The van der Waals surface area contributed by atoms with E-state index in [0.29, 0.717) is 0 Å². The minimum Gasteiger partial charge on any atom is -0.311 e. The van der Waals surface area contributed by atoms with Gasteiger partial charge in [-0.3, -0.25) is 0 Å². The number of para-hydroxylation sites is 3. The van der Waals surface area contributed by atoms with Gasteiger partial charge in [0.2, 0.25) is 0 Å². The monoisotopic (exact) mass is 1160 g/mol. The van der Waals surface area contributed by atoms with Crippen LogP contribution >= 0.6 is 11.3 Å². The smallest absolute Gasteiger partial charge is 0.0462 e. The summed E-state index contributed by atoms with van der Waals surface area (Å²) in [4.78, 5) is 11.8. The van der Waals surface area contributed by atoms with E-state index in [1.807, 2.05) is 11.3 Å². The summed E-state index contributed by atoms with van der Waals surface area (Å²) in [5, 5.41) is 0. The largest absolute Gasteiger partial charge is 0.311 e.